The van der Waals surface area contributed by atoms with Gasteiger partial charge in [0.15, 0.2) is 0 Å². The molecule has 0 heterocycles. The summed E-state index contributed by atoms with van der Waals surface area (Å²) in [7, 11) is 0. The molecule has 122 valence electrons. The van der Waals surface area contributed by atoms with Crippen LogP contribution >= 0.6 is 0 Å². The Kier molecular flexibility index (Phi) is 6.89. The molecule has 0 aliphatic carbocycles. The Morgan fingerprint density at radius 2 is 1.08 bits per heavy atom. The molecule has 0 atom stereocenters. The molecule has 0 aliphatic heterocycles. The molecule has 2 aromatic rings. The van der Waals surface area contributed by atoms with Gasteiger partial charge in [-0.05, 0) is 11.1 Å². The van der Waals surface area contributed by atoms with Crippen LogP contribution in [0.2, 0.25) is 0 Å². The molecule has 6 heteroatoms. The monoisotopic (exact) mass is 322 g/mol. The van der Waals surface area contributed by atoms with Crippen LogP contribution < -0.4 is 10.9 Å². The van der Waals surface area contributed by atoms with Crippen LogP contribution in [-0.2, 0) is 22.4 Å². The van der Waals surface area contributed by atoms with Gasteiger partial charge in [-0.1, -0.05) is 60.7 Å². The SMILES string of the molecule is O=C(N/N=C\Cc1ccccc1)C(=O)N/N=C\Cc1ccccc1. The predicted octanol–water partition coefficient (Wildman–Crippen LogP) is 1.68. The molecule has 0 aliphatic rings. The largest absolute Gasteiger partial charge is 0.331 e. The van der Waals surface area contributed by atoms with Gasteiger partial charge in [0, 0.05) is 25.3 Å². The molecule has 0 saturated carbocycles. The number of rotatable bonds is 6. The van der Waals surface area contributed by atoms with E-state index in [-0.39, 0.29) is 0 Å². The fourth-order valence-corrected chi connectivity index (χ4v) is 1.84. The second kappa shape index (κ2) is 9.68. The molecule has 0 aromatic heterocycles. The Morgan fingerprint density at radius 1 is 0.708 bits per heavy atom. The number of hydrazone groups is 2. The van der Waals surface area contributed by atoms with Gasteiger partial charge >= 0.3 is 11.8 Å². The van der Waals surface area contributed by atoms with E-state index >= 15 is 0 Å². The lowest BCUT2D eigenvalue weighted by atomic mass is 10.2. The van der Waals surface area contributed by atoms with Crippen molar-refractivity contribution < 1.29 is 9.59 Å². The van der Waals surface area contributed by atoms with E-state index in [4.69, 9.17) is 0 Å². The van der Waals surface area contributed by atoms with Crippen molar-refractivity contribution in [2.24, 2.45) is 10.2 Å². The average molecular weight is 322 g/mol. The molecule has 0 radical (unpaired) electrons. The van der Waals surface area contributed by atoms with Gasteiger partial charge < -0.3 is 0 Å². The first-order valence-corrected chi connectivity index (χ1v) is 7.47. The molecule has 2 amide bonds. The summed E-state index contributed by atoms with van der Waals surface area (Å²) in [4.78, 5) is 23.0. The second-order valence-corrected chi connectivity index (χ2v) is 4.88. The maximum atomic E-state index is 11.5. The van der Waals surface area contributed by atoms with Crippen LogP contribution in [0, 0.1) is 0 Å². The summed E-state index contributed by atoms with van der Waals surface area (Å²) in [6.07, 6.45) is 4.19. The van der Waals surface area contributed by atoms with Crippen molar-refractivity contribution >= 4 is 24.2 Å². The summed E-state index contributed by atoms with van der Waals surface area (Å²) in [6, 6.07) is 19.3. The molecule has 2 N–H and O–H groups in total. The molecule has 0 spiro atoms. The molecular weight excluding hydrogens is 304 g/mol. The first kappa shape index (κ1) is 17.1. The molecule has 2 aromatic carbocycles. The van der Waals surface area contributed by atoms with Crippen LogP contribution in [0.5, 0.6) is 0 Å². The van der Waals surface area contributed by atoms with Gasteiger partial charge in [-0.3, -0.25) is 9.59 Å². The Balaban J connectivity index is 1.67. The number of hydrogen-bond acceptors (Lipinski definition) is 4. The van der Waals surface area contributed by atoms with E-state index in [0.29, 0.717) is 12.8 Å². The zero-order valence-corrected chi connectivity index (χ0v) is 13.1. The van der Waals surface area contributed by atoms with E-state index in [1.807, 2.05) is 60.7 Å². The Bertz CT molecular complexity index is 649. The maximum Gasteiger partial charge on any atom is 0.331 e. The van der Waals surface area contributed by atoms with Gasteiger partial charge in [0.25, 0.3) is 0 Å². The number of carbonyl (C=O) groups is 2. The minimum absolute atomic E-state index is 0.567. The third-order valence-electron chi connectivity index (χ3n) is 3.06. The van der Waals surface area contributed by atoms with E-state index in [2.05, 4.69) is 21.1 Å². The fourth-order valence-electron chi connectivity index (χ4n) is 1.84. The number of benzene rings is 2. The highest BCUT2D eigenvalue weighted by Crippen LogP contribution is 1.97. The van der Waals surface area contributed by atoms with E-state index in [0.717, 1.165) is 11.1 Å². The van der Waals surface area contributed by atoms with Gasteiger partial charge in [0.05, 0.1) is 0 Å². The summed E-state index contributed by atoms with van der Waals surface area (Å²) in [6.45, 7) is 0. The number of nitrogens with one attached hydrogen (secondary N) is 2. The first-order chi connectivity index (χ1) is 11.8. The normalized spacial score (nSPS) is 10.8. The number of hydrogen-bond donors (Lipinski definition) is 2. The van der Waals surface area contributed by atoms with Crippen LogP contribution in [0.3, 0.4) is 0 Å². The standard InChI is InChI=1S/C18H18N4O2/c23-17(21-19-13-11-15-7-3-1-4-8-15)18(24)22-20-14-12-16-9-5-2-6-10-16/h1-10,13-14H,11-12H2,(H,21,23)(H,22,24)/b19-13-,20-14-. The van der Waals surface area contributed by atoms with Gasteiger partial charge in [-0.25, -0.2) is 10.9 Å². The quantitative estimate of drug-likeness (QED) is 0.482. The summed E-state index contributed by atoms with van der Waals surface area (Å²) >= 11 is 0. The lowest BCUT2D eigenvalue weighted by Crippen LogP contribution is -2.35. The Labute approximate surface area is 140 Å². The van der Waals surface area contributed by atoms with Crippen LogP contribution in [0.25, 0.3) is 0 Å². The van der Waals surface area contributed by atoms with Crippen LogP contribution in [-0.4, -0.2) is 24.2 Å². The van der Waals surface area contributed by atoms with Gasteiger partial charge in [-0.15, -0.1) is 0 Å². The minimum Gasteiger partial charge on any atom is -0.262 e. The van der Waals surface area contributed by atoms with E-state index < -0.39 is 11.8 Å². The number of nitrogens with zero attached hydrogens (tertiary/aromatic N) is 2. The van der Waals surface area contributed by atoms with Gasteiger partial charge in [0.1, 0.15) is 0 Å². The van der Waals surface area contributed by atoms with Crippen LogP contribution in [0.1, 0.15) is 11.1 Å². The molecule has 0 unspecified atom stereocenters. The molecule has 6 nitrogen and oxygen atoms in total. The van der Waals surface area contributed by atoms with Crippen molar-refractivity contribution in [1.29, 1.82) is 0 Å². The Morgan fingerprint density at radius 3 is 1.46 bits per heavy atom. The van der Waals surface area contributed by atoms with Crippen LogP contribution in [0.15, 0.2) is 70.9 Å². The highest BCUT2D eigenvalue weighted by atomic mass is 16.2. The van der Waals surface area contributed by atoms with Gasteiger partial charge in [0.2, 0.25) is 0 Å². The summed E-state index contributed by atoms with van der Waals surface area (Å²) in [5, 5.41) is 7.45. The highest BCUT2D eigenvalue weighted by Gasteiger charge is 2.10. The summed E-state index contributed by atoms with van der Waals surface area (Å²) in [5.41, 5.74) is 6.43. The second-order valence-electron chi connectivity index (χ2n) is 4.88. The van der Waals surface area contributed by atoms with Crippen molar-refractivity contribution in [3.63, 3.8) is 0 Å². The highest BCUT2D eigenvalue weighted by molar-refractivity contribution is 6.35. The van der Waals surface area contributed by atoms with E-state index in [1.54, 1.807) is 0 Å². The molecule has 0 fully saturated rings. The number of amides is 2. The van der Waals surface area contributed by atoms with Crippen molar-refractivity contribution in [1.82, 2.24) is 10.9 Å². The zero-order chi connectivity index (χ0) is 17.0. The number of carbonyl (C=O) groups excluding carboxylic acids is 2. The smallest absolute Gasteiger partial charge is 0.262 e. The van der Waals surface area contributed by atoms with Crippen molar-refractivity contribution in [2.45, 2.75) is 12.8 Å². The maximum absolute atomic E-state index is 11.5. The lowest BCUT2D eigenvalue weighted by Gasteiger charge is -1.98. The van der Waals surface area contributed by atoms with Gasteiger partial charge in [-0.2, -0.15) is 10.2 Å². The van der Waals surface area contributed by atoms with E-state index in [9.17, 15) is 9.59 Å². The average Bonchev–Trinajstić information content (AvgIpc) is 2.63. The molecular formula is C18H18N4O2. The predicted molar refractivity (Wildman–Crippen MR) is 93.6 cm³/mol. The summed E-state index contributed by atoms with van der Waals surface area (Å²) < 4.78 is 0. The van der Waals surface area contributed by atoms with E-state index in [1.165, 1.54) is 12.4 Å². The zero-order valence-electron chi connectivity index (χ0n) is 13.1. The molecule has 0 bridgehead atoms. The van der Waals surface area contributed by atoms with Crippen LogP contribution in [0.4, 0.5) is 0 Å². The summed E-state index contributed by atoms with van der Waals surface area (Å²) in [5.74, 6) is -1.73. The first-order valence-electron chi connectivity index (χ1n) is 7.47. The fraction of sp³-hybridized carbons (Fsp3) is 0.111. The molecule has 2 rings (SSSR count). The van der Waals surface area contributed by atoms with Crippen molar-refractivity contribution in [3.05, 3.63) is 71.8 Å². The minimum atomic E-state index is -0.865. The third kappa shape index (κ3) is 6.23. The Hall–Kier alpha value is -3.28. The van der Waals surface area contributed by atoms with Crippen molar-refractivity contribution in [2.75, 3.05) is 0 Å². The molecule has 24 heavy (non-hydrogen) atoms. The molecule has 0 saturated heterocycles. The third-order valence-corrected chi connectivity index (χ3v) is 3.06. The topological polar surface area (TPSA) is 82.9 Å². The lowest BCUT2D eigenvalue weighted by molar-refractivity contribution is -0.139. The van der Waals surface area contributed by atoms with Crippen molar-refractivity contribution in [3.8, 4) is 0 Å².